The predicted octanol–water partition coefficient (Wildman–Crippen LogP) is 5.21. The van der Waals surface area contributed by atoms with Crippen molar-refractivity contribution in [2.24, 2.45) is 0 Å². The molecule has 0 amide bonds. The third kappa shape index (κ3) is 4.67. The number of ether oxygens (including phenoxy) is 1. The Morgan fingerprint density at radius 3 is 1.80 bits per heavy atom. The van der Waals surface area contributed by atoms with Crippen LogP contribution in [0.5, 0.6) is 0 Å². The average molecular weight is 465 g/mol. The molecule has 1 unspecified atom stereocenters. The summed E-state index contributed by atoms with van der Waals surface area (Å²) >= 11 is 0. The van der Waals surface area contributed by atoms with E-state index in [9.17, 15) is 19.5 Å². The zero-order chi connectivity index (χ0) is 24.8. The summed E-state index contributed by atoms with van der Waals surface area (Å²) < 4.78 is 5.16. The fourth-order valence-electron chi connectivity index (χ4n) is 4.00. The molecule has 0 bridgehead atoms. The third-order valence-corrected chi connectivity index (χ3v) is 5.77. The van der Waals surface area contributed by atoms with Gasteiger partial charge in [0, 0.05) is 16.7 Å². The van der Waals surface area contributed by atoms with Crippen LogP contribution in [0.2, 0.25) is 0 Å². The van der Waals surface area contributed by atoms with Gasteiger partial charge in [0.05, 0.1) is 12.2 Å². The van der Waals surface area contributed by atoms with E-state index in [1.807, 2.05) is 0 Å². The van der Waals surface area contributed by atoms with Crippen molar-refractivity contribution < 1.29 is 24.2 Å². The Kier molecular flexibility index (Phi) is 6.99. The van der Waals surface area contributed by atoms with Crippen LogP contribution in [0.3, 0.4) is 0 Å². The zero-order valence-electron chi connectivity index (χ0n) is 19.2. The minimum atomic E-state index is -2.10. The van der Waals surface area contributed by atoms with E-state index in [0.29, 0.717) is 16.7 Å². The van der Waals surface area contributed by atoms with Crippen LogP contribution in [-0.2, 0) is 10.3 Å². The number of aliphatic hydroxyl groups is 1. The Bertz CT molecular complexity index is 1350. The molecule has 0 aliphatic rings. The molecule has 0 aromatic heterocycles. The molecule has 1 atom stereocenters. The van der Waals surface area contributed by atoms with Gasteiger partial charge in [-0.15, -0.1) is 0 Å². The number of esters is 1. The topological polar surface area (TPSA) is 80.7 Å². The fourth-order valence-corrected chi connectivity index (χ4v) is 4.00. The number of hydrogen-bond donors (Lipinski definition) is 1. The summed E-state index contributed by atoms with van der Waals surface area (Å²) in [6, 6.07) is 29.8. The van der Waals surface area contributed by atoms with E-state index in [0.717, 1.165) is 0 Å². The zero-order valence-corrected chi connectivity index (χ0v) is 19.2. The molecule has 0 aliphatic carbocycles. The van der Waals surface area contributed by atoms with Gasteiger partial charge in [-0.2, -0.15) is 0 Å². The van der Waals surface area contributed by atoms with Crippen molar-refractivity contribution in [1.82, 2.24) is 0 Å². The number of rotatable bonds is 8. The maximum Gasteiger partial charge on any atom is 0.338 e. The molecule has 4 rings (SSSR count). The van der Waals surface area contributed by atoms with Gasteiger partial charge < -0.3 is 9.84 Å². The van der Waals surface area contributed by atoms with Crippen molar-refractivity contribution in [1.29, 1.82) is 0 Å². The first-order chi connectivity index (χ1) is 17.0. The van der Waals surface area contributed by atoms with Gasteiger partial charge in [-0.3, -0.25) is 9.59 Å². The van der Waals surface area contributed by atoms with Gasteiger partial charge >= 0.3 is 5.97 Å². The predicted molar refractivity (Wildman–Crippen MR) is 132 cm³/mol. The molecule has 0 spiro atoms. The molecule has 0 saturated carbocycles. The van der Waals surface area contributed by atoms with Crippen LogP contribution in [0, 0.1) is 0 Å². The Morgan fingerprint density at radius 2 is 1.23 bits per heavy atom. The Labute approximate surface area is 203 Å². The molecule has 5 heteroatoms. The summed E-state index contributed by atoms with van der Waals surface area (Å²) in [5, 5.41) is 12.0. The maximum absolute atomic E-state index is 13.7. The quantitative estimate of drug-likeness (QED) is 0.286. The summed E-state index contributed by atoms with van der Waals surface area (Å²) in [6.45, 7) is 1.82. The largest absolute Gasteiger partial charge is 0.462 e. The summed E-state index contributed by atoms with van der Waals surface area (Å²) in [5.74, 6) is -1.62. The lowest BCUT2D eigenvalue weighted by molar-refractivity contribution is 0.0486. The molecule has 0 fully saturated rings. The second-order valence-electron chi connectivity index (χ2n) is 7.95. The van der Waals surface area contributed by atoms with E-state index in [2.05, 4.69) is 0 Å². The lowest BCUT2D eigenvalue weighted by atomic mass is 9.78. The molecule has 35 heavy (non-hydrogen) atoms. The molecule has 5 nitrogen and oxygen atoms in total. The van der Waals surface area contributed by atoms with Gasteiger partial charge in [0.1, 0.15) is 0 Å². The second-order valence-corrected chi connectivity index (χ2v) is 7.95. The van der Waals surface area contributed by atoms with E-state index in [-0.39, 0.29) is 23.3 Å². The highest BCUT2D eigenvalue weighted by Crippen LogP contribution is 2.35. The van der Waals surface area contributed by atoms with E-state index in [1.54, 1.807) is 97.9 Å². The minimum Gasteiger partial charge on any atom is -0.462 e. The summed E-state index contributed by atoms with van der Waals surface area (Å²) in [4.78, 5) is 39.9. The van der Waals surface area contributed by atoms with Gasteiger partial charge in [0.15, 0.2) is 11.4 Å². The van der Waals surface area contributed by atoms with Gasteiger partial charge in [-0.25, -0.2) is 4.79 Å². The molecular weight excluding hydrogens is 440 g/mol. The second kappa shape index (κ2) is 10.3. The van der Waals surface area contributed by atoms with Crippen LogP contribution in [0.25, 0.3) is 0 Å². The minimum absolute atomic E-state index is 0.0439. The van der Waals surface area contributed by atoms with Crippen molar-refractivity contribution in [3.63, 3.8) is 0 Å². The summed E-state index contributed by atoms with van der Waals surface area (Å²) in [6.07, 6.45) is 0. The van der Waals surface area contributed by atoms with Crippen molar-refractivity contribution in [2.45, 2.75) is 12.5 Å². The lowest BCUT2D eigenvalue weighted by Gasteiger charge is -2.29. The number of carbonyl (C=O) groups excluding carboxylic acids is 3. The van der Waals surface area contributed by atoms with Crippen LogP contribution in [-0.4, -0.2) is 29.2 Å². The first-order valence-electron chi connectivity index (χ1n) is 11.3. The van der Waals surface area contributed by atoms with Crippen LogP contribution in [0.4, 0.5) is 0 Å². The van der Waals surface area contributed by atoms with Crippen molar-refractivity contribution in [2.75, 3.05) is 6.61 Å². The summed E-state index contributed by atoms with van der Waals surface area (Å²) in [5.41, 5.74) is -0.797. The van der Waals surface area contributed by atoms with Crippen LogP contribution in [0.15, 0.2) is 109 Å². The Morgan fingerprint density at radius 1 is 0.686 bits per heavy atom. The van der Waals surface area contributed by atoms with Crippen molar-refractivity contribution >= 4 is 17.5 Å². The first-order valence-corrected chi connectivity index (χ1v) is 11.3. The maximum atomic E-state index is 13.7. The molecule has 4 aromatic carbocycles. The standard InChI is InChI=1S/C30H24O5/c1-2-35-29(33)25-19-18-24(20-26(25)27(31)21-12-6-3-7-13-21)30(34,23-16-10-5-11-17-23)28(32)22-14-8-4-9-15-22/h3-20,34H,2H2,1H3. The van der Waals surface area contributed by atoms with Gasteiger partial charge in [-0.05, 0) is 30.2 Å². The monoisotopic (exact) mass is 464 g/mol. The number of carbonyl (C=O) groups is 3. The van der Waals surface area contributed by atoms with E-state index >= 15 is 0 Å². The van der Waals surface area contributed by atoms with Gasteiger partial charge in [0.25, 0.3) is 0 Å². The molecular formula is C30H24O5. The summed E-state index contributed by atoms with van der Waals surface area (Å²) in [7, 11) is 0. The number of Topliss-reactive ketones (excluding diaryl/α,β-unsaturated/α-hetero) is 1. The Balaban J connectivity index is 1.94. The fraction of sp³-hybridized carbons (Fsp3) is 0.100. The molecule has 0 saturated heterocycles. The average Bonchev–Trinajstić information content (AvgIpc) is 2.93. The van der Waals surface area contributed by atoms with Crippen LogP contribution >= 0.6 is 0 Å². The molecule has 174 valence electrons. The normalized spacial score (nSPS) is 12.4. The lowest BCUT2D eigenvalue weighted by Crippen LogP contribution is -2.37. The SMILES string of the molecule is CCOC(=O)c1ccc(C(O)(C(=O)c2ccccc2)c2ccccc2)cc1C(=O)c1ccccc1. The number of benzene rings is 4. The highest BCUT2D eigenvalue weighted by molar-refractivity contribution is 6.15. The van der Waals surface area contributed by atoms with Gasteiger partial charge in [0.2, 0.25) is 5.78 Å². The van der Waals surface area contributed by atoms with Crippen LogP contribution < -0.4 is 0 Å². The number of hydrogen-bond acceptors (Lipinski definition) is 5. The van der Waals surface area contributed by atoms with Gasteiger partial charge in [-0.1, -0.05) is 97.1 Å². The third-order valence-electron chi connectivity index (χ3n) is 5.77. The molecule has 0 aliphatic heterocycles. The van der Waals surface area contributed by atoms with E-state index in [1.165, 1.54) is 18.2 Å². The first kappa shape index (κ1) is 23.8. The molecule has 1 N–H and O–H groups in total. The van der Waals surface area contributed by atoms with Crippen LogP contribution in [0.1, 0.15) is 54.7 Å². The highest BCUT2D eigenvalue weighted by Gasteiger charge is 2.41. The van der Waals surface area contributed by atoms with Crippen molar-refractivity contribution in [3.8, 4) is 0 Å². The van der Waals surface area contributed by atoms with E-state index in [4.69, 9.17) is 4.74 Å². The molecule has 0 radical (unpaired) electrons. The number of ketones is 2. The van der Waals surface area contributed by atoms with E-state index < -0.39 is 23.1 Å². The molecule has 4 aromatic rings. The Hall–Kier alpha value is -4.35. The van der Waals surface area contributed by atoms with Crippen molar-refractivity contribution in [3.05, 3.63) is 143 Å². The molecule has 0 heterocycles. The highest BCUT2D eigenvalue weighted by atomic mass is 16.5. The smallest absolute Gasteiger partial charge is 0.338 e.